The fraction of sp³-hybridized carbons (Fsp3) is 0.417. The molecule has 0 spiro atoms. The lowest BCUT2D eigenvalue weighted by atomic mass is 9.97. The average Bonchev–Trinajstić information content (AvgIpc) is 2.87. The predicted octanol–water partition coefficient (Wildman–Crippen LogP) is 3.04. The summed E-state index contributed by atoms with van der Waals surface area (Å²) in [4.78, 5) is 55.1. The number of hydrogen-bond donors (Lipinski definition) is 2. The van der Waals surface area contributed by atoms with E-state index < -0.39 is 35.3 Å². The van der Waals surface area contributed by atoms with Crippen LogP contribution in [-0.4, -0.2) is 44.1 Å². The fourth-order valence-corrected chi connectivity index (χ4v) is 3.18. The number of anilines is 1. The molecule has 10 heteroatoms. The van der Waals surface area contributed by atoms with Crippen LogP contribution >= 0.6 is 0 Å². The number of fused-ring (bicyclic) bond motifs is 1. The van der Waals surface area contributed by atoms with Crippen molar-refractivity contribution in [1.82, 2.24) is 5.48 Å². The van der Waals surface area contributed by atoms with Crippen molar-refractivity contribution in [3.05, 3.63) is 41.0 Å². The van der Waals surface area contributed by atoms with Gasteiger partial charge in [-0.1, -0.05) is 24.3 Å². The van der Waals surface area contributed by atoms with Crippen LogP contribution in [0, 0.1) is 5.41 Å². The van der Waals surface area contributed by atoms with Crippen LogP contribution in [0.1, 0.15) is 67.0 Å². The summed E-state index contributed by atoms with van der Waals surface area (Å²) in [5.74, 6) is -2.75. The smallest absolute Gasteiger partial charge is 0.340 e. The van der Waals surface area contributed by atoms with Crippen molar-refractivity contribution in [1.29, 1.82) is 0 Å². The number of nitrogen functional groups attached to an aromatic ring is 1. The molecule has 2 aliphatic carbocycles. The molecule has 3 N–H and O–H groups in total. The molecule has 0 radical (unpaired) electrons. The van der Waals surface area contributed by atoms with Gasteiger partial charge in [0, 0.05) is 5.56 Å². The van der Waals surface area contributed by atoms with E-state index in [4.69, 9.17) is 24.8 Å². The highest BCUT2D eigenvalue weighted by Crippen LogP contribution is 2.40. The molecule has 1 amide bonds. The van der Waals surface area contributed by atoms with Gasteiger partial charge in [-0.3, -0.25) is 14.4 Å². The van der Waals surface area contributed by atoms with E-state index in [9.17, 15) is 19.2 Å². The van der Waals surface area contributed by atoms with Crippen LogP contribution < -0.4 is 11.2 Å². The number of ether oxygens (including phenoxy) is 3. The zero-order chi connectivity index (χ0) is 25.6. The van der Waals surface area contributed by atoms with Gasteiger partial charge in [0.05, 0.1) is 42.6 Å². The van der Waals surface area contributed by atoms with E-state index in [0.717, 1.165) is 0 Å². The van der Waals surface area contributed by atoms with Crippen molar-refractivity contribution >= 4 is 29.5 Å². The van der Waals surface area contributed by atoms with Crippen LogP contribution in [0.3, 0.4) is 0 Å². The van der Waals surface area contributed by atoms with Crippen LogP contribution in [0.25, 0.3) is 11.1 Å². The topological polar surface area (TPSA) is 143 Å². The Balaban J connectivity index is 2.72. The molecule has 0 saturated carbocycles. The minimum atomic E-state index is -1.36. The molecule has 34 heavy (non-hydrogen) atoms. The van der Waals surface area contributed by atoms with Gasteiger partial charge >= 0.3 is 17.9 Å². The molecule has 1 unspecified atom stereocenters. The molecule has 0 heterocycles. The van der Waals surface area contributed by atoms with Gasteiger partial charge in [0.25, 0.3) is 5.91 Å². The first-order valence-corrected chi connectivity index (χ1v) is 10.7. The van der Waals surface area contributed by atoms with E-state index in [1.165, 1.54) is 31.4 Å². The van der Waals surface area contributed by atoms with Gasteiger partial charge in [-0.25, -0.2) is 15.1 Å². The summed E-state index contributed by atoms with van der Waals surface area (Å²) in [5.41, 5.74) is 8.31. The minimum Gasteiger partial charge on any atom is -0.462 e. The zero-order valence-corrected chi connectivity index (χ0v) is 20.1. The second-order valence-electron chi connectivity index (χ2n) is 8.30. The average molecular weight is 475 g/mol. The number of hydrogen-bond acceptors (Lipinski definition) is 9. The van der Waals surface area contributed by atoms with E-state index in [-0.39, 0.29) is 35.6 Å². The van der Waals surface area contributed by atoms with Gasteiger partial charge in [-0.05, 0) is 45.7 Å². The van der Waals surface area contributed by atoms with E-state index in [1.807, 2.05) is 0 Å². The zero-order valence-electron chi connectivity index (χ0n) is 20.1. The molecule has 2 rings (SSSR count). The lowest BCUT2D eigenvalue weighted by molar-refractivity contribution is -0.167. The van der Waals surface area contributed by atoms with Crippen LogP contribution in [0.15, 0.2) is 24.3 Å². The maximum Gasteiger partial charge on any atom is 0.340 e. The molecule has 0 aliphatic heterocycles. The molecular formula is C24H30N2O8. The van der Waals surface area contributed by atoms with Crippen LogP contribution in [-0.2, 0) is 28.6 Å². The number of nitrogens with one attached hydrogen (secondary N) is 1. The Morgan fingerprint density at radius 2 is 1.38 bits per heavy atom. The van der Waals surface area contributed by atoms with Crippen molar-refractivity contribution < 1.29 is 38.2 Å². The van der Waals surface area contributed by atoms with Crippen molar-refractivity contribution in [2.24, 2.45) is 5.41 Å². The van der Waals surface area contributed by atoms with Gasteiger partial charge in [-0.2, -0.15) is 0 Å². The van der Waals surface area contributed by atoms with Crippen molar-refractivity contribution in [2.75, 3.05) is 26.1 Å². The monoisotopic (exact) mass is 474 g/mol. The van der Waals surface area contributed by atoms with Gasteiger partial charge < -0.3 is 19.9 Å². The second-order valence-corrected chi connectivity index (χ2v) is 8.30. The van der Waals surface area contributed by atoms with E-state index in [1.54, 1.807) is 34.6 Å². The van der Waals surface area contributed by atoms with Gasteiger partial charge in [-0.15, -0.1) is 0 Å². The first-order chi connectivity index (χ1) is 16.0. The van der Waals surface area contributed by atoms with E-state index in [2.05, 4.69) is 5.48 Å². The highest BCUT2D eigenvalue weighted by Gasteiger charge is 2.33. The molecule has 0 aromatic heterocycles. The number of nitrogens with two attached hydrogens (primary N) is 1. The summed E-state index contributed by atoms with van der Waals surface area (Å²) in [7, 11) is 1.25. The quantitative estimate of drug-likeness (QED) is 0.335. The molecule has 0 saturated heterocycles. The number of amides is 1. The molecule has 0 bridgehead atoms. The summed E-state index contributed by atoms with van der Waals surface area (Å²) in [5, 5.41) is 0. The molecule has 0 aromatic rings. The lowest BCUT2D eigenvalue weighted by Crippen LogP contribution is -2.34. The van der Waals surface area contributed by atoms with Crippen LogP contribution in [0.2, 0.25) is 0 Å². The first-order valence-electron chi connectivity index (χ1n) is 10.7. The fourth-order valence-electron chi connectivity index (χ4n) is 3.18. The second kappa shape index (κ2) is 11.0. The first kappa shape index (κ1) is 26.6. The van der Waals surface area contributed by atoms with E-state index in [0.29, 0.717) is 11.1 Å². The Hall–Kier alpha value is -3.66. The Kier molecular flexibility index (Phi) is 8.58. The van der Waals surface area contributed by atoms with E-state index >= 15 is 0 Å². The Morgan fingerprint density at radius 3 is 1.76 bits per heavy atom. The van der Waals surface area contributed by atoms with Gasteiger partial charge in [0.2, 0.25) is 6.10 Å². The molecule has 0 aromatic carbocycles. The minimum absolute atomic E-state index is 0.00614. The maximum absolute atomic E-state index is 12.6. The largest absolute Gasteiger partial charge is 0.462 e. The number of carbonyl (C=O) groups excluding carboxylic acids is 4. The van der Waals surface area contributed by atoms with Crippen molar-refractivity contribution in [2.45, 2.75) is 40.7 Å². The molecule has 2 aliphatic rings. The number of rotatable bonds is 8. The van der Waals surface area contributed by atoms with Crippen molar-refractivity contribution in [3.8, 4) is 11.1 Å². The Bertz CT molecular complexity index is 1000. The third kappa shape index (κ3) is 5.63. The predicted molar refractivity (Wildman–Crippen MR) is 123 cm³/mol. The van der Waals surface area contributed by atoms with Gasteiger partial charge in [0.1, 0.15) is 0 Å². The number of hydroxylamine groups is 1. The van der Waals surface area contributed by atoms with Gasteiger partial charge in [0.15, 0.2) is 0 Å². The van der Waals surface area contributed by atoms with Crippen LogP contribution in [0.4, 0.5) is 5.69 Å². The van der Waals surface area contributed by atoms with Crippen LogP contribution in [0.5, 0.6) is 0 Å². The summed E-state index contributed by atoms with van der Waals surface area (Å²) < 4.78 is 15.7. The lowest BCUT2D eigenvalue weighted by Gasteiger charge is -2.22. The Labute approximate surface area is 198 Å². The number of carbonyl (C=O) groups is 4. The number of esters is 3. The highest BCUT2D eigenvalue weighted by molar-refractivity contribution is 6.15. The third-order valence-corrected chi connectivity index (χ3v) is 4.79. The maximum atomic E-state index is 12.6. The standard InChI is InChI=1S/C24H30N2O8/c1-7-32-21(28)16-14-11-9-13(10-12-15(14)17(18(16)25)22(29)33-8-2)19(20(27)26-31-6)34-23(30)24(3,4)5/h9-12,19H,7-8,25H2,1-6H3,(H,26,27). The summed E-state index contributed by atoms with van der Waals surface area (Å²) in [6.45, 7) is 8.45. The summed E-state index contributed by atoms with van der Waals surface area (Å²) in [6.07, 6.45) is -1.36. The van der Waals surface area contributed by atoms with Crippen molar-refractivity contribution in [3.63, 3.8) is 0 Å². The molecule has 1 atom stereocenters. The third-order valence-electron chi connectivity index (χ3n) is 4.79. The highest BCUT2D eigenvalue weighted by atomic mass is 16.6. The molecule has 184 valence electrons. The Morgan fingerprint density at radius 1 is 0.912 bits per heavy atom. The SMILES string of the molecule is CCOC(=O)c1c2ccc(C(OC(=O)C(C)(C)C)C(=O)NOC)ccc-2c(C(=O)OCC)c1N. The summed E-state index contributed by atoms with van der Waals surface area (Å²) >= 11 is 0. The summed E-state index contributed by atoms with van der Waals surface area (Å²) in [6, 6.07) is 6.01. The molecular weight excluding hydrogens is 444 g/mol. The normalized spacial score (nSPS) is 12.1. The molecule has 0 fully saturated rings. The molecule has 10 nitrogen and oxygen atoms in total.